The average molecular weight is 128 g/mol. The number of hydrogen-bond donors (Lipinski definition) is 1. The first-order chi connectivity index (χ1) is 4.29. The van der Waals surface area contributed by atoms with E-state index in [1.807, 2.05) is 0 Å². The molecule has 0 aromatic carbocycles. The van der Waals surface area contributed by atoms with E-state index in [4.69, 9.17) is 9.84 Å². The Hall–Kier alpha value is -0.570. The molecule has 0 aromatic heterocycles. The van der Waals surface area contributed by atoms with Crippen LogP contribution in [0.25, 0.3) is 0 Å². The molecule has 1 saturated carbocycles. The third kappa shape index (κ3) is 0.525. The van der Waals surface area contributed by atoms with Gasteiger partial charge in [0.1, 0.15) is 12.0 Å². The molecular formula is C6H8O3. The number of aliphatic hydroxyl groups is 1. The maximum absolute atomic E-state index is 10.5. The van der Waals surface area contributed by atoms with Gasteiger partial charge in [-0.3, -0.25) is 4.79 Å². The summed E-state index contributed by atoms with van der Waals surface area (Å²) in [5.41, 5.74) is 0. The minimum atomic E-state index is -0.420. The van der Waals surface area contributed by atoms with E-state index in [1.165, 1.54) is 0 Å². The number of ether oxygens (including phenoxy) is 1. The predicted molar refractivity (Wildman–Crippen MR) is 28.6 cm³/mol. The molecule has 0 amide bonds. The van der Waals surface area contributed by atoms with Crippen LogP contribution in [0.4, 0.5) is 0 Å². The molecule has 0 aromatic rings. The van der Waals surface area contributed by atoms with Gasteiger partial charge in [-0.15, -0.1) is 0 Å². The zero-order valence-corrected chi connectivity index (χ0v) is 4.91. The molecule has 1 saturated heterocycles. The Morgan fingerprint density at radius 3 is 2.78 bits per heavy atom. The highest BCUT2D eigenvalue weighted by molar-refractivity contribution is 5.79. The second-order valence-corrected chi connectivity index (χ2v) is 2.65. The molecule has 0 bridgehead atoms. The first-order valence-electron chi connectivity index (χ1n) is 3.17. The molecule has 1 aliphatic carbocycles. The number of hydrogen-bond acceptors (Lipinski definition) is 3. The number of esters is 1. The van der Waals surface area contributed by atoms with Crippen LogP contribution in [0.3, 0.4) is 0 Å². The second-order valence-electron chi connectivity index (χ2n) is 2.65. The standard InChI is InChI=1S/C6H8O3/c7-3-1-2-4-5(3)6(8)9-4/h3-5,7H,1-2H2/t3-,4-,5+/m1/s1. The quantitative estimate of drug-likeness (QED) is 0.455. The maximum atomic E-state index is 10.5. The van der Waals surface area contributed by atoms with Gasteiger partial charge in [-0.25, -0.2) is 0 Å². The number of carbonyl (C=O) groups excluding carboxylic acids is 1. The Morgan fingerprint density at radius 2 is 2.33 bits per heavy atom. The van der Waals surface area contributed by atoms with Gasteiger partial charge < -0.3 is 9.84 Å². The first kappa shape index (κ1) is 5.23. The molecule has 9 heavy (non-hydrogen) atoms. The van der Waals surface area contributed by atoms with Crippen molar-refractivity contribution in [3.63, 3.8) is 0 Å². The van der Waals surface area contributed by atoms with Crippen molar-refractivity contribution in [1.29, 1.82) is 0 Å². The maximum Gasteiger partial charge on any atom is 0.315 e. The molecule has 3 heteroatoms. The van der Waals surface area contributed by atoms with E-state index < -0.39 is 6.10 Å². The normalized spacial score (nSPS) is 47.7. The Kier molecular flexibility index (Phi) is 0.858. The highest BCUT2D eigenvalue weighted by atomic mass is 16.6. The van der Waals surface area contributed by atoms with Crippen LogP contribution in [0, 0.1) is 5.92 Å². The van der Waals surface area contributed by atoms with Crippen molar-refractivity contribution in [2.24, 2.45) is 5.92 Å². The van der Waals surface area contributed by atoms with E-state index in [0.717, 1.165) is 12.8 Å². The van der Waals surface area contributed by atoms with Crippen molar-refractivity contribution in [3.05, 3.63) is 0 Å². The van der Waals surface area contributed by atoms with Gasteiger partial charge in [-0.1, -0.05) is 0 Å². The highest BCUT2D eigenvalue weighted by Gasteiger charge is 2.51. The summed E-state index contributed by atoms with van der Waals surface area (Å²) in [6.07, 6.45) is 1.20. The first-order valence-corrected chi connectivity index (χ1v) is 3.17. The fourth-order valence-corrected chi connectivity index (χ4v) is 1.54. The summed E-state index contributed by atoms with van der Waals surface area (Å²) in [6, 6.07) is 0. The topological polar surface area (TPSA) is 46.5 Å². The van der Waals surface area contributed by atoms with Crippen molar-refractivity contribution in [1.82, 2.24) is 0 Å². The molecule has 2 aliphatic rings. The third-order valence-corrected chi connectivity index (χ3v) is 2.10. The van der Waals surface area contributed by atoms with Gasteiger partial charge in [0.2, 0.25) is 0 Å². The van der Waals surface area contributed by atoms with Gasteiger partial charge in [-0.05, 0) is 12.8 Å². The lowest BCUT2D eigenvalue weighted by Gasteiger charge is -2.30. The van der Waals surface area contributed by atoms with E-state index >= 15 is 0 Å². The summed E-state index contributed by atoms with van der Waals surface area (Å²) in [6.45, 7) is 0. The Labute approximate surface area is 52.6 Å². The van der Waals surface area contributed by atoms with Crippen molar-refractivity contribution in [2.45, 2.75) is 25.0 Å². The fraction of sp³-hybridized carbons (Fsp3) is 0.833. The zero-order valence-electron chi connectivity index (χ0n) is 4.91. The van der Waals surface area contributed by atoms with Gasteiger partial charge in [0, 0.05) is 0 Å². The van der Waals surface area contributed by atoms with E-state index in [1.54, 1.807) is 0 Å². The van der Waals surface area contributed by atoms with E-state index in [0.29, 0.717) is 0 Å². The molecular weight excluding hydrogens is 120 g/mol. The SMILES string of the molecule is O=C1O[C@@H]2CC[C@@H](O)[C@H]12. The molecule has 2 fully saturated rings. The van der Waals surface area contributed by atoms with Gasteiger partial charge >= 0.3 is 5.97 Å². The van der Waals surface area contributed by atoms with Gasteiger partial charge in [0.25, 0.3) is 0 Å². The van der Waals surface area contributed by atoms with Gasteiger partial charge in [0.15, 0.2) is 0 Å². The minimum Gasteiger partial charge on any atom is -0.461 e. The van der Waals surface area contributed by atoms with Gasteiger partial charge in [-0.2, -0.15) is 0 Å². The summed E-state index contributed by atoms with van der Waals surface area (Å²) in [4.78, 5) is 10.5. The minimum absolute atomic E-state index is 0.0486. The number of carbonyl (C=O) groups is 1. The number of rotatable bonds is 0. The van der Waals surface area contributed by atoms with Crippen LogP contribution in [0.2, 0.25) is 0 Å². The van der Waals surface area contributed by atoms with Crippen LogP contribution in [-0.2, 0) is 9.53 Å². The summed E-state index contributed by atoms with van der Waals surface area (Å²) >= 11 is 0. The fourth-order valence-electron chi connectivity index (χ4n) is 1.54. The molecule has 2 rings (SSSR count). The largest absolute Gasteiger partial charge is 0.461 e. The van der Waals surface area contributed by atoms with Crippen LogP contribution in [0.1, 0.15) is 12.8 Å². The summed E-state index contributed by atoms with van der Waals surface area (Å²) in [7, 11) is 0. The average Bonchev–Trinajstić information content (AvgIpc) is 2.04. The molecule has 0 unspecified atom stereocenters. The smallest absolute Gasteiger partial charge is 0.315 e. The van der Waals surface area contributed by atoms with E-state index in [2.05, 4.69) is 0 Å². The predicted octanol–water partition coefficient (Wildman–Crippen LogP) is -0.317. The van der Waals surface area contributed by atoms with E-state index in [9.17, 15) is 4.79 Å². The molecule has 50 valence electrons. The van der Waals surface area contributed by atoms with Crippen molar-refractivity contribution in [2.75, 3.05) is 0 Å². The molecule has 0 radical (unpaired) electrons. The number of fused-ring (bicyclic) bond motifs is 1. The lowest BCUT2D eigenvalue weighted by atomic mass is 9.99. The van der Waals surface area contributed by atoms with Crippen molar-refractivity contribution >= 4 is 5.97 Å². The molecule has 0 spiro atoms. The lowest BCUT2D eigenvalue weighted by Crippen LogP contribution is -2.45. The third-order valence-electron chi connectivity index (χ3n) is 2.10. The van der Waals surface area contributed by atoms with Crippen LogP contribution in [-0.4, -0.2) is 23.3 Å². The molecule has 3 nitrogen and oxygen atoms in total. The zero-order chi connectivity index (χ0) is 6.43. The summed E-state index contributed by atoms with van der Waals surface area (Å²) in [5.74, 6) is -0.394. The Morgan fingerprint density at radius 1 is 1.56 bits per heavy atom. The molecule has 1 N–H and O–H groups in total. The highest BCUT2D eigenvalue weighted by Crippen LogP contribution is 2.37. The number of aliphatic hydroxyl groups excluding tert-OH is 1. The molecule has 3 atom stereocenters. The monoisotopic (exact) mass is 128 g/mol. The van der Waals surface area contributed by atoms with Crippen LogP contribution in [0.5, 0.6) is 0 Å². The van der Waals surface area contributed by atoms with Gasteiger partial charge in [0.05, 0.1) is 6.10 Å². The Bertz CT molecular complexity index is 148. The lowest BCUT2D eigenvalue weighted by molar-refractivity contribution is -0.185. The molecule has 1 heterocycles. The summed E-state index contributed by atoms with van der Waals surface area (Å²) < 4.78 is 4.73. The van der Waals surface area contributed by atoms with Crippen molar-refractivity contribution < 1.29 is 14.6 Å². The van der Waals surface area contributed by atoms with Crippen molar-refractivity contribution in [3.8, 4) is 0 Å². The second kappa shape index (κ2) is 1.48. The van der Waals surface area contributed by atoms with Crippen LogP contribution in [0.15, 0.2) is 0 Å². The van der Waals surface area contributed by atoms with E-state index in [-0.39, 0.29) is 18.0 Å². The Balaban J connectivity index is 2.14. The molecule has 1 aliphatic heterocycles. The van der Waals surface area contributed by atoms with Crippen LogP contribution >= 0.6 is 0 Å². The summed E-state index contributed by atoms with van der Waals surface area (Å²) in [5, 5.41) is 9.09. The van der Waals surface area contributed by atoms with Crippen LogP contribution < -0.4 is 0 Å².